The standard InChI is InChI=1S/C11H11BrO/c1-2-9-8-11(12)6-5-10(9)4-3-7-13/h5-6,8,13H,2,7H2,1H3. The molecule has 0 spiro atoms. The molecule has 0 fully saturated rings. The van der Waals surface area contributed by atoms with Gasteiger partial charge in [-0.05, 0) is 30.2 Å². The first-order chi connectivity index (χ1) is 6.27. The maximum Gasteiger partial charge on any atom is 0.104 e. The van der Waals surface area contributed by atoms with Gasteiger partial charge in [0.2, 0.25) is 0 Å². The minimum absolute atomic E-state index is 0.0841. The average Bonchev–Trinajstić information content (AvgIpc) is 2.16. The van der Waals surface area contributed by atoms with Gasteiger partial charge >= 0.3 is 0 Å². The van der Waals surface area contributed by atoms with Crippen molar-refractivity contribution in [3.8, 4) is 11.8 Å². The smallest absolute Gasteiger partial charge is 0.104 e. The molecule has 0 saturated carbocycles. The van der Waals surface area contributed by atoms with E-state index < -0.39 is 0 Å². The molecule has 0 aliphatic heterocycles. The monoisotopic (exact) mass is 238 g/mol. The number of benzene rings is 1. The van der Waals surface area contributed by atoms with E-state index in [9.17, 15) is 0 Å². The van der Waals surface area contributed by atoms with E-state index in [2.05, 4.69) is 40.8 Å². The second kappa shape index (κ2) is 5.06. The van der Waals surface area contributed by atoms with Gasteiger partial charge in [-0.3, -0.25) is 0 Å². The first-order valence-corrected chi connectivity index (χ1v) is 4.95. The van der Waals surface area contributed by atoms with Crippen LogP contribution in [0.4, 0.5) is 0 Å². The molecule has 0 unspecified atom stereocenters. The van der Waals surface area contributed by atoms with Crippen LogP contribution in [0.25, 0.3) is 0 Å². The quantitative estimate of drug-likeness (QED) is 0.746. The van der Waals surface area contributed by atoms with Crippen molar-refractivity contribution in [2.24, 2.45) is 0 Å². The van der Waals surface area contributed by atoms with Crippen molar-refractivity contribution in [1.82, 2.24) is 0 Å². The lowest BCUT2D eigenvalue weighted by atomic mass is 10.1. The molecule has 0 aliphatic rings. The summed E-state index contributed by atoms with van der Waals surface area (Å²) in [6, 6.07) is 5.98. The number of aliphatic hydroxyl groups excluding tert-OH is 1. The topological polar surface area (TPSA) is 20.2 Å². The highest BCUT2D eigenvalue weighted by atomic mass is 79.9. The molecule has 1 nitrogen and oxygen atoms in total. The van der Waals surface area contributed by atoms with Crippen LogP contribution in [0.5, 0.6) is 0 Å². The van der Waals surface area contributed by atoms with Gasteiger partial charge < -0.3 is 5.11 Å². The molecule has 1 rings (SSSR count). The van der Waals surface area contributed by atoms with E-state index in [4.69, 9.17) is 5.11 Å². The normalized spacial score (nSPS) is 9.15. The predicted molar refractivity (Wildman–Crippen MR) is 57.5 cm³/mol. The molecule has 1 N–H and O–H groups in total. The van der Waals surface area contributed by atoms with Crippen LogP contribution in [0.3, 0.4) is 0 Å². The first-order valence-electron chi connectivity index (χ1n) is 4.16. The number of aliphatic hydroxyl groups is 1. The lowest BCUT2D eigenvalue weighted by Gasteiger charge is -2.01. The summed E-state index contributed by atoms with van der Waals surface area (Å²) in [6.45, 7) is 2.01. The van der Waals surface area contributed by atoms with E-state index in [0.717, 1.165) is 16.5 Å². The minimum Gasteiger partial charge on any atom is -0.384 e. The van der Waals surface area contributed by atoms with Crippen LogP contribution < -0.4 is 0 Å². The van der Waals surface area contributed by atoms with E-state index in [1.807, 2.05) is 12.1 Å². The highest BCUT2D eigenvalue weighted by Gasteiger charge is 1.97. The largest absolute Gasteiger partial charge is 0.384 e. The summed E-state index contributed by atoms with van der Waals surface area (Å²) < 4.78 is 1.07. The Kier molecular flexibility index (Phi) is 4.01. The first kappa shape index (κ1) is 10.3. The summed E-state index contributed by atoms with van der Waals surface area (Å²) in [6.07, 6.45) is 0.953. The summed E-state index contributed by atoms with van der Waals surface area (Å²) >= 11 is 3.41. The SMILES string of the molecule is CCc1cc(Br)ccc1C#CCO. The second-order valence-electron chi connectivity index (χ2n) is 2.61. The summed E-state index contributed by atoms with van der Waals surface area (Å²) in [5, 5.41) is 8.56. The molecule has 0 amide bonds. The number of rotatable bonds is 1. The molecular weight excluding hydrogens is 228 g/mol. The van der Waals surface area contributed by atoms with Crippen LogP contribution in [0.2, 0.25) is 0 Å². The molecule has 1 aromatic rings. The van der Waals surface area contributed by atoms with Crippen molar-refractivity contribution in [3.05, 3.63) is 33.8 Å². The summed E-state index contributed by atoms with van der Waals surface area (Å²) in [5.74, 6) is 5.57. The molecule has 0 bridgehead atoms. The number of hydrogen-bond donors (Lipinski definition) is 1. The van der Waals surface area contributed by atoms with Crippen molar-refractivity contribution in [3.63, 3.8) is 0 Å². The highest BCUT2D eigenvalue weighted by Crippen LogP contribution is 2.16. The van der Waals surface area contributed by atoms with Gasteiger partial charge in [-0.25, -0.2) is 0 Å². The Hall–Kier alpha value is -0.780. The van der Waals surface area contributed by atoms with Gasteiger partial charge in [-0.15, -0.1) is 0 Å². The molecule has 0 radical (unpaired) electrons. The van der Waals surface area contributed by atoms with Gasteiger partial charge in [0.1, 0.15) is 6.61 Å². The zero-order valence-corrected chi connectivity index (χ0v) is 9.06. The number of halogens is 1. The van der Waals surface area contributed by atoms with Crippen LogP contribution in [0, 0.1) is 11.8 Å². The zero-order valence-electron chi connectivity index (χ0n) is 7.47. The van der Waals surface area contributed by atoms with Gasteiger partial charge in [-0.2, -0.15) is 0 Å². The van der Waals surface area contributed by atoms with Crippen molar-refractivity contribution in [2.45, 2.75) is 13.3 Å². The molecule has 2 heteroatoms. The number of aryl methyl sites for hydroxylation is 1. The Morgan fingerprint density at radius 1 is 1.46 bits per heavy atom. The van der Waals surface area contributed by atoms with E-state index in [1.165, 1.54) is 5.56 Å². The minimum atomic E-state index is -0.0841. The number of hydrogen-bond acceptors (Lipinski definition) is 1. The van der Waals surface area contributed by atoms with Gasteiger partial charge in [0.25, 0.3) is 0 Å². The summed E-state index contributed by atoms with van der Waals surface area (Å²) in [5.41, 5.74) is 2.20. The zero-order chi connectivity index (χ0) is 9.68. The van der Waals surface area contributed by atoms with Gasteiger partial charge in [0.15, 0.2) is 0 Å². The third-order valence-corrected chi connectivity index (χ3v) is 2.24. The van der Waals surface area contributed by atoms with Crippen LogP contribution >= 0.6 is 15.9 Å². The second-order valence-corrected chi connectivity index (χ2v) is 3.53. The maximum atomic E-state index is 8.56. The van der Waals surface area contributed by atoms with Crippen LogP contribution in [0.15, 0.2) is 22.7 Å². The summed E-state index contributed by atoms with van der Waals surface area (Å²) in [4.78, 5) is 0. The fourth-order valence-corrected chi connectivity index (χ4v) is 1.52. The van der Waals surface area contributed by atoms with Gasteiger partial charge in [-0.1, -0.05) is 34.7 Å². The van der Waals surface area contributed by atoms with E-state index in [0.29, 0.717) is 0 Å². The highest BCUT2D eigenvalue weighted by molar-refractivity contribution is 9.10. The van der Waals surface area contributed by atoms with Gasteiger partial charge in [0.05, 0.1) is 0 Å². The molecule has 0 atom stereocenters. The van der Waals surface area contributed by atoms with E-state index >= 15 is 0 Å². The molecule has 68 valence electrons. The predicted octanol–water partition coefficient (Wildman–Crippen LogP) is 2.36. The molecule has 0 heterocycles. The van der Waals surface area contributed by atoms with Crippen LogP contribution in [0.1, 0.15) is 18.1 Å². The van der Waals surface area contributed by atoms with Crippen LogP contribution in [-0.4, -0.2) is 11.7 Å². The fourth-order valence-electron chi connectivity index (χ4n) is 1.11. The molecule has 1 aromatic carbocycles. The van der Waals surface area contributed by atoms with Crippen molar-refractivity contribution < 1.29 is 5.11 Å². The van der Waals surface area contributed by atoms with Crippen molar-refractivity contribution in [2.75, 3.05) is 6.61 Å². The lowest BCUT2D eigenvalue weighted by Crippen LogP contribution is -1.87. The summed E-state index contributed by atoms with van der Waals surface area (Å²) in [7, 11) is 0. The Morgan fingerprint density at radius 2 is 2.23 bits per heavy atom. The van der Waals surface area contributed by atoms with E-state index in [-0.39, 0.29) is 6.61 Å². The molecular formula is C11H11BrO. The van der Waals surface area contributed by atoms with E-state index in [1.54, 1.807) is 0 Å². The molecule has 0 saturated heterocycles. The average molecular weight is 239 g/mol. The molecule has 0 aliphatic carbocycles. The van der Waals surface area contributed by atoms with Crippen molar-refractivity contribution >= 4 is 15.9 Å². The lowest BCUT2D eigenvalue weighted by molar-refractivity contribution is 0.350. The Bertz CT molecular complexity index is 347. The maximum absolute atomic E-state index is 8.56. The molecule has 13 heavy (non-hydrogen) atoms. The third-order valence-electron chi connectivity index (χ3n) is 1.75. The third kappa shape index (κ3) is 2.87. The van der Waals surface area contributed by atoms with Crippen molar-refractivity contribution in [1.29, 1.82) is 0 Å². The Labute approximate surface area is 86.9 Å². The Morgan fingerprint density at radius 3 is 2.85 bits per heavy atom. The Balaban J connectivity index is 3.06. The molecule has 0 aromatic heterocycles. The van der Waals surface area contributed by atoms with Crippen LogP contribution in [-0.2, 0) is 6.42 Å². The van der Waals surface area contributed by atoms with Gasteiger partial charge in [0, 0.05) is 10.0 Å². The fraction of sp³-hybridized carbons (Fsp3) is 0.273.